The van der Waals surface area contributed by atoms with Crippen molar-refractivity contribution in [3.8, 4) is 0 Å². The number of carboxylic acids is 1. The molecule has 12 N–H and O–H groups in total. The fourth-order valence-electron chi connectivity index (χ4n) is 3.33. The zero-order chi connectivity index (χ0) is 27.0. The number of nitrogens with two attached hydrogens (primary N) is 4. The second-order valence-electron chi connectivity index (χ2n) is 9.00. The van der Waals surface area contributed by atoms with Gasteiger partial charge in [0.2, 0.25) is 23.6 Å². The van der Waals surface area contributed by atoms with E-state index in [-0.39, 0.29) is 18.8 Å². The molecule has 0 aromatic rings. The molecule has 4 unspecified atom stereocenters. The van der Waals surface area contributed by atoms with Crippen molar-refractivity contribution in [2.75, 3.05) is 13.1 Å². The maximum Gasteiger partial charge on any atom is 0.326 e. The number of nitrogens with one attached hydrogen (secondary N) is 3. The Kier molecular flexibility index (Phi) is 16.2. The Morgan fingerprint density at radius 3 is 1.71 bits per heavy atom. The highest BCUT2D eigenvalue weighted by Crippen LogP contribution is 2.08. The molecule has 4 atom stereocenters. The van der Waals surface area contributed by atoms with E-state index < -0.39 is 60.2 Å². The molecule has 0 fully saturated rings. The lowest BCUT2D eigenvalue weighted by atomic mass is 10.0. The van der Waals surface area contributed by atoms with Crippen LogP contribution in [0.15, 0.2) is 0 Å². The second-order valence-corrected chi connectivity index (χ2v) is 9.00. The number of unbranched alkanes of at least 4 members (excludes halogenated alkanes) is 2. The second kappa shape index (κ2) is 17.6. The van der Waals surface area contributed by atoms with E-state index in [9.17, 15) is 29.1 Å². The van der Waals surface area contributed by atoms with Crippen LogP contribution >= 0.6 is 0 Å². The first-order valence-corrected chi connectivity index (χ1v) is 12.0. The lowest BCUT2D eigenvalue weighted by Gasteiger charge is -2.25. The minimum Gasteiger partial charge on any atom is -0.480 e. The van der Waals surface area contributed by atoms with Crippen molar-refractivity contribution < 1.29 is 29.1 Å². The maximum atomic E-state index is 13.0. The molecule has 0 heterocycles. The van der Waals surface area contributed by atoms with E-state index in [1.165, 1.54) is 0 Å². The van der Waals surface area contributed by atoms with Gasteiger partial charge in [0.1, 0.15) is 18.1 Å². The predicted molar refractivity (Wildman–Crippen MR) is 130 cm³/mol. The van der Waals surface area contributed by atoms with Crippen LogP contribution in [0.4, 0.5) is 0 Å². The highest BCUT2D eigenvalue weighted by atomic mass is 16.4. The van der Waals surface area contributed by atoms with Crippen LogP contribution in [0.2, 0.25) is 0 Å². The van der Waals surface area contributed by atoms with Crippen LogP contribution in [-0.2, 0) is 24.0 Å². The Morgan fingerprint density at radius 1 is 0.743 bits per heavy atom. The minimum atomic E-state index is -1.42. The molecule has 0 aliphatic carbocycles. The maximum absolute atomic E-state index is 13.0. The fourth-order valence-corrected chi connectivity index (χ4v) is 3.33. The first kappa shape index (κ1) is 32.2. The quantitative estimate of drug-likeness (QED) is 0.0913. The summed E-state index contributed by atoms with van der Waals surface area (Å²) in [7, 11) is 0. The first-order chi connectivity index (χ1) is 16.4. The largest absolute Gasteiger partial charge is 0.480 e. The summed E-state index contributed by atoms with van der Waals surface area (Å²) in [4.78, 5) is 61.3. The van der Waals surface area contributed by atoms with Gasteiger partial charge < -0.3 is 44.0 Å². The molecule has 0 spiro atoms. The molecule has 0 radical (unpaired) electrons. The van der Waals surface area contributed by atoms with Crippen LogP contribution in [-0.4, -0.2) is 72.0 Å². The van der Waals surface area contributed by atoms with Gasteiger partial charge >= 0.3 is 5.97 Å². The number of carbonyl (C=O) groups excluding carboxylic acids is 4. The Labute approximate surface area is 206 Å². The van der Waals surface area contributed by atoms with E-state index in [0.717, 1.165) is 0 Å². The molecule has 0 bridgehead atoms. The van der Waals surface area contributed by atoms with E-state index in [2.05, 4.69) is 16.0 Å². The van der Waals surface area contributed by atoms with Crippen molar-refractivity contribution in [3.05, 3.63) is 0 Å². The van der Waals surface area contributed by atoms with Gasteiger partial charge in [0.15, 0.2) is 0 Å². The smallest absolute Gasteiger partial charge is 0.326 e. The van der Waals surface area contributed by atoms with Crippen LogP contribution in [0, 0.1) is 5.92 Å². The van der Waals surface area contributed by atoms with E-state index in [1.54, 1.807) is 0 Å². The molecule has 0 rings (SSSR count). The van der Waals surface area contributed by atoms with E-state index in [1.807, 2.05) is 13.8 Å². The molecule has 0 aromatic carbocycles. The molecule has 202 valence electrons. The molecule has 0 aromatic heterocycles. The summed E-state index contributed by atoms with van der Waals surface area (Å²) in [5.74, 6) is -4.23. The summed E-state index contributed by atoms with van der Waals surface area (Å²) < 4.78 is 0. The van der Waals surface area contributed by atoms with Gasteiger partial charge in [-0.2, -0.15) is 0 Å². The highest BCUT2D eigenvalue weighted by molar-refractivity contribution is 5.96. The Balaban J connectivity index is 5.40. The monoisotopic (exact) mass is 501 g/mol. The number of rotatable bonds is 19. The summed E-state index contributed by atoms with van der Waals surface area (Å²) in [5.41, 5.74) is 22.0. The Bertz CT molecular complexity index is 704. The average molecular weight is 502 g/mol. The molecular weight excluding hydrogens is 458 g/mol. The molecular formula is C22H43N7O6. The zero-order valence-corrected chi connectivity index (χ0v) is 20.8. The SMILES string of the molecule is CC(C)CC(NC(=O)C(N)CCCCN)C(=O)NC(CC(N)=O)C(=O)NC(CCCCN)C(=O)O. The summed E-state index contributed by atoms with van der Waals surface area (Å²) in [6.07, 6.45) is 2.63. The number of carboxylic acid groups (broad SMARTS) is 1. The number of carbonyl (C=O) groups is 5. The normalized spacial score (nSPS) is 14.5. The molecule has 0 saturated heterocycles. The third kappa shape index (κ3) is 14.3. The van der Waals surface area contributed by atoms with E-state index in [4.69, 9.17) is 22.9 Å². The Hall–Kier alpha value is -2.77. The van der Waals surface area contributed by atoms with Crippen molar-refractivity contribution >= 4 is 29.6 Å². The van der Waals surface area contributed by atoms with Gasteiger partial charge in [-0.25, -0.2) is 4.79 Å². The van der Waals surface area contributed by atoms with Crippen molar-refractivity contribution in [1.29, 1.82) is 0 Å². The number of amides is 4. The summed E-state index contributed by atoms with van der Waals surface area (Å²) in [6, 6.07) is -4.50. The van der Waals surface area contributed by atoms with Gasteiger partial charge in [-0.15, -0.1) is 0 Å². The number of hydrogen-bond donors (Lipinski definition) is 8. The van der Waals surface area contributed by atoms with Crippen LogP contribution < -0.4 is 38.9 Å². The standard InChI is InChI=1S/C22H43N7O6/c1-13(2)11-16(28-19(31)14(25)7-3-5-9-23)20(32)29-17(12-18(26)30)21(33)27-15(22(34)35)8-4-6-10-24/h13-17H,3-12,23-25H2,1-2H3,(H2,26,30)(H,27,33)(H,28,31)(H,29,32)(H,34,35). The molecule has 35 heavy (non-hydrogen) atoms. The minimum absolute atomic E-state index is 0.00173. The first-order valence-electron chi connectivity index (χ1n) is 12.0. The number of primary amides is 1. The lowest BCUT2D eigenvalue weighted by Crippen LogP contribution is -2.58. The molecule has 13 heteroatoms. The zero-order valence-electron chi connectivity index (χ0n) is 20.8. The van der Waals surface area contributed by atoms with Crippen molar-refractivity contribution in [2.45, 2.75) is 89.4 Å². The van der Waals surface area contributed by atoms with Gasteiger partial charge in [-0.05, 0) is 57.5 Å². The summed E-state index contributed by atoms with van der Waals surface area (Å²) in [6.45, 7) is 4.55. The van der Waals surface area contributed by atoms with Crippen LogP contribution in [0.25, 0.3) is 0 Å². The van der Waals surface area contributed by atoms with Crippen molar-refractivity contribution in [3.63, 3.8) is 0 Å². The van der Waals surface area contributed by atoms with Crippen LogP contribution in [0.5, 0.6) is 0 Å². The molecule has 4 amide bonds. The number of hydrogen-bond acceptors (Lipinski definition) is 8. The van der Waals surface area contributed by atoms with Gasteiger partial charge in [0.25, 0.3) is 0 Å². The van der Waals surface area contributed by atoms with Crippen LogP contribution in [0.1, 0.15) is 65.2 Å². The third-order valence-electron chi connectivity index (χ3n) is 5.25. The summed E-state index contributed by atoms with van der Waals surface area (Å²) in [5, 5.41) is 16.8. The number of aliphatic carboxylic acids is 1. The fraction of sp³-hybridized carbons (Fsp3) is 0.773. The molecule has 0 saturated carbocycles. The average Bonchev–Trinajstić information content (AvgIpc) is 2.76. The predicted octanol–water partition coefficient (Wildman–Crippen LogP) is -1.97. The third-order valence-corrected chi connectivity index (χ3v) is 5.25. The van der Waals surface area contributed by atoms with E-state index >= 15 is 0 Å². The van der Waals surface area contributed by atoms with Gasteiger partial charge in [0, 0.05) is 0 Å². The molecule has 13 nitrogen and oxygen atoms in total. The van der Waals surface area contributed by atoms with Gasteiger partial charge in [-0.3, -0.25) is 19.2 Å². The molecule has 0 aliphatic heterocycles. The topological polar surface area (TPSA) is 246 Å². The summed E-state index contributed by atoms with van der Waals surface area (Å²) >= 11 is 0. The van der Waals surface area contributed by atoms with Crippen molar-refractivity contribution in [2.24, 2.45) is 28.9 Å². The van der Waals surface area contributed by atoms with Gasteiger partial charge in [-0.1, -0.05) is 20.3 Å². The lowest BCUT2D eigenvalue weighted by molar-refractivity contribution is -0.142. The highest BCUT2D eigenvalue weighted by Gasteiger charge is 2.31. The van der Waals surface area contributed by atoms with Crippen LogP contribution in [0.3, 0.4) is 0 Å². The molecule has 0 aliphatic rings. The van der Waals surface area contributed by atoms with E-state index in [0.29, 0.717) is 45.2 Å². The Morgan fingerprint density at radius 2 is 1.23 bits per heavy atom. The van der Waals surface area contributed by atoms with Gasteiger partial charge in [0.05, 0.1) is 12.5 Å². The van der Waals surface area contributed by atoms with Crippen molar-refractivity contribution in [1.82, 2.24) is 16.0 Å².